The van der Waals surface area contributed by atoms with Gasteiger partial charge in [0.25, 0.3) is 0 Å². The van der Waals surface area contributed by atoms with E-state index in [-0.39, 0.29) is 5.91 Å². The van der Waals surface area contributed by atoms with Crippen LogP contribution in [0.3, 0.4) is 0 Å². The second-order valence-electron chi connectivity index (χ2n) is 7.96. The zero-order chi connectivity index (χ0) is 21.6. The van der Waals surface area contributed by atoms with Crippen LogP contribution in [0.1, 0.15) is 37.0 Å². The van der Waals surface area contributed by atoms with E-state index in [2.05, 4.69) is 28.4 Å². The molecule has 2 aromatic rings. The Kier molecular flexibility index (Phi) is 6.97. The third kappa shape index (κ3) is 5.13. The van der Waals surface area contributed by atoms with Crippen LogP contribution in [0, 0.1) is 0 Å². The van der Waals surface area contributed by atoms with E-state index in [4.69, 9.17) is 14.2 Å². The van der Waals surface area contributed by atoms with E-state index >= 15 is 0 Å². The Morgan fingerprint density at radius 2 is 1.74 bits per heavy atom. The van der Waals surface area contributed by atoms with E-state index in [0.717, 1.165) is 42.9 Å². The summed E-state index contributed by atoms with van der Waals surface area (Å²) in [5.74, 6) is 1.36. The Labute approximate surface area is 184 Å². The molecule has 4 rings (SSSR count). The molecule has 0 saturated carbocycles. The number of fused-ring (bicyclic) bond motifs is 1. The number of hydrogen-bond acceptors (Lipinski definition) is 5. The Balaban J connectivity index is 1.55. The van der Waals surface area contributed by atoms with E-state index in [9.17, 15) is 4.79 Å². The SMILES string of the molecule is CCOc1cc(N2CCOCC2)c(OCC)cc1NC(=O)Cc1ccc2c(c1)CCC2. The first-order valence-electron chi connectivity index (χ1n) is 11.3. The molecule has 1 aliphatic carbocycles. The summed E-state index contributed by atoms with van der Waals surface area (Å²) in [6.07, 6.45) is 3.81. The van der Waals surface area contributed by atoms with Gasteiger partial charge in [-0.15, -0.1) is 0 Å². The van der Waals surface area contributed by atoms with Gasteiger partial charge in [0.05, 0.1) is 44.2 Å². The summed E-state index contributed by atoms with van der Waals surface area (Å²) in [6.45, 7) is 7.96. The second-order valence-corrected chi connectivity index (χ2v) is 7.96. The number of ether oxygens (including phenoxy) is 3. The zero-order valence-corrected chi connectivity index (χ0v) is 18.5. The molecule has 0 spiro atoms. The van der Waals surface area contributed by atoms with Crippen molar-refractivity contribution in [3.05, 3.63) is 47.0 Å². The maximum absolute atomic E-state index is 12.9. The maximum Gasteiger partial charge on any atom is 0.228 e. The minimum Gasteiger partial charge on any atom is -0.492 e. The largest absolute Gasteiger partial charge is 0.492 e. The highest BCUT2D eigenvalue weighted by atomic mass is 16.5. The van der Waals surface area contributed by atoms with Crippen LogP contribution in [0.15, 0.2) is 30.3 Å². The van der Waals surface area contributed by atoms with Crippen LogP contribution in [0.5, 0.6) is 11.5 Å². The number of carbonyl (C=O) groups excluding carboxylic acids is 1. The molecule has 0 unspecified atom stereocenters. The van der Waals surface area contributed by atoms with Gasteiger partial charge in [-0.05, 0) is 49.8 Å². The Hall–Kier alpha value is -2.73. The van der Waals surface area contributed by atoms with Crippen LogP contribution < -0.4 is 19.7 Å². The van der Waals surface area contributed by atoms with Crippen molar-refractivity contribution in [2.24, 2.45) is 0 Å². The third-order valence-corrected chi connectivity index (χ3v) is 5.81. The van der Waals surface area contributed by atoms with Crippen molar-refractivity contribution < 1.29 is 19.0 Å². The number of anilines is 2. The molecule has 0 aromatic heterocycles. The van der Waals surface area contributed by atoms with Crippen LogP contribution in [-0.4, -0.2) is 45.4 Å². The predicted molar refractivity (Wildman–Crippen MR) is 123 cm³/mol. The minimum atomic E-state index is -0.0551. The summed E-state index contributed by atoms with van der Waals surface area (Å²) in [4.78, 5) is 15.1. The van der Waals surface area contributed by atoms with Gasteiger partial charge in [0.15, 0.2) is 0 Å². The van der Waals surface area contributed by atoms with Crippen LogP contribution >= 0.6 is 0 Å². The van der Waals surface area contributed by atoms with Crippen molar-refractivity contribution in [3.8, 4) is 11.5 Å². The van der Waals surface area contributed by atoms with Gasteiger partial charge in [0.1, 0.15) is 11.5 Å². The number of amides is 1. The topological polar surface area (TPSA) is 60.0 Å². The second kappa shape index (κ2) is 10.1. The molecule has 0 radical (unpaired) electrons. The molecule has 1 heterocycles. The summed E-state index contributed by atoms with van der Waals surface area (Å²) in [7, 11) is 0. The van der Waals surface area contributed by atoms with Gasteiger partial charge in [0, 0.05) is 25.2 Å². The van der Waals surface area contributed by atoms with Gasteiger partial charge in [-0.3, -0.25) is 4.79 Å². The predicted octanol–water partition coefficient (Wildman–Crippen LogP) is 3.99. The van der Waals surface area contributed by atoms with Gasteiger partial charge >= 0.3 is 0 Å². The smallest absolute Gasteiger partial charge is 0.228 e. The molecule has 31 heavy (non-hydrogen) atoms. The molecule has 6 heteroatoms. The monoisotopic (exact) mass is 424 g/mol. The Morgan fingerprint density at radius 3 is 2.52 bits per heavy atom. The molecule has 166 valence electrons. The maximum atomic E-state index is 12.9. The molecule has 1 fully saturated rings. The lowest BCUT2D eigenvalue weighted by atomic mass is 10.0. The van der Waals surface area contributed by atoms with Crippen molar-refractivity contribution >= 4 is 17.3 Å². The summed E-state index contributed by atoms with van der Waals surface area (Å²) < 4.78 is 17.3. The normalized spacial score (nSPS) is 15.5. The Morgan fingerprint density at radius 1 is 1.00 bits per heavy atom. The summed E-state index contributed by atoms with van der Waals surface area (Å²) >= 11 is 0. The standard InChI is InChI=1S/C25H32N2O4/c1-3-30-23-17-22(27-10-12-29-13-11-27)24(31-4-2)16-21(23)26-25(28)15-18-8-9-19-6-5-7-20(19)14-18/h8-9,14,16-17H,3-7,10-13,15H2,1-2H3,(H,26,28). The van der Waals surface area contributed by atoms with Gasteiger partial charge in [-0.1, -0.05) is 18.2 Å². The molecule has 1 aliphatic heterocycles. The highest BCUT2D eigenvalue weighted by molar-refractivity contribution is 5.94. The lowest BCUT2D eigenvalue weighted by molar-refractivity contribution is -0.115. The highest BCUT2D eigenvalue weighted by Gasteiger charge is 2.21. The van der Waals surface area contributed by atoms with E-state index in [1.165, 1.54) is 17.5 Å². The molecule has 0 atom stereocenters. The lowest BCUT2D eigenvalue weighted by Crippen LogP contribution is -2.36. The molecule has 6 nitrogen and oxygen atoms in total. The van der Waals surface area contributed by atoms with Gasteiger partial charge in [-0.2, -0.15) is 0 Å². The Bertz CT molecular complexity index is 922. The lowest BCUT2D eigenvalue weighted by Gasteiger charge is -2.31. The first kappa shape index (κ1) is 21.5. The molecule has 1 saturated heterocycles. The number of aryl methyl sites for hydroxylation is 2. The van der Waals surface area contributed by atoms with Crippen molar-refractivity contribution in [1.82, 2.24) is 0 Å². The van der Waals surface area contributed by atoms with E-state index in [1.54, 1.807) is 0 Å². The third-order valence-electron chi connectivity index (χ3n) is 5.81. The number of rotatable bonds is 8. The number of carbonyl (C=O) groups is 1. The summed E-state index contributed by atoms with van der Waals surface area (Å²) in [5, 5.41) is 3.05. The molecule has 1 amide bonds. The van der Waals surface area contributed by atoms with Crippen LogP contribution in [-0.2, 0) is 28.8 Å². The van der Waals surface area contributed by atoms with E-state index in [0.29, 0.717) is 44.3 Å². The van der Waals surface area contributed by atoms with Gasteiger partial charge < -0.3 is 24.4 Å². The first-order valence-corrected chi connectivity index (χ1v) is 11.3. The molecule has 1 N–H and O–H groups in total. The van der Waals surface area contributed by atoms with Gasteiger partial charge in [-0.25, -0.2) is 0 Å². The molecule has 2 aromatic carbocycles. The summed E-state index contributed by atoms with van der Waals surface area (Å²) in [6, 6.07) is 10.3. The first-order chi connectivity index (χ1) is 15.2. The number of hydrogen-bond donors (Lipinski definition) is 1. The number of nitrogens with zero attached hydrogens (tertiary/aromatic N) is 1. The average Bonchev–Trinajstić information content (AvgIpc) is 3.24. The quantitative estimate of drug-likeness (QED) is 0.694. The number of morpholine rings is 1. The molecular weight excluding hydrogens is 392 g/mol. The van der Waals surface area contributed by atoms with Crippen LogP contribution in [0.2, 0.25) is 0 Å². The van der Waals surface area contributed by atoms with Crippen molar-refractivity contribution in [3.63, 3.8) is 0 Å². The summed E-state index contributed by atoms with van der Waals surface area (Å²) in [5.41, 5.74) is 5.47. The van der Waals surface area contributed by atoms with Crippen molar-refractivity contribution in [2.75, 3.05) is 49.7 Å². The average molecular weight is 425 g/mol. The fourth-order valence-corrected chi connectivity index (χ4v) is 4.36. The highest BCUT2D eigenvalue weighted by Crippen LogP contribution is 2.39. The van der Waals surface area contributed by atoms with Crippen LogP contribution in [0.4, 0.5) is 11.4 Å². The zero-order valence-electron chi connectivity index (χ0n) is 18.5. The van der Waals surface area contributed by atoms with Crippen molar-refractivity contribution in [1.29, 1.82) is 0 Å². The molecular formula is C25H32N2O4. The van der Waals surface area contributed by atoms with Crippen molar-refractivity contribution in [2.45, 2.75) is 39.5 Å². The molecule has 2 aliphatic rings. The minimum absolute atomic E-state index is 0.0551. The van der Waals surface area contributed by atoms with Gasteiger partial charge in [0.2, 0.25) is 5.91 Å². The van der Waals surface area contributed by atoms with E-state index in [1.807, 2.05) is 26.0 Å². The fraction of sp³-hybridized carbons (Fsp3) is 0.480. The number of benzene rings is 2. The van der Waals surface area contributed by atoms with Crippen LogP contribution in [0.25, 0.3) is 0 Å². The fourth-order valence-electron chi connectivity index (χ4n) is 4.36. The molecule has 0 bridgehead atoms. The van der Waals surface area contributed by atoms with E-state index < -0.39 is 0 Å². The number of nitrogens with one attached hydrogen (secondary N) is 1.